The van der Waals surface area contributed by atoms with Gasteiger partial charge in [-0.3, -0.25) is 0 Å². The third-order valence-electron chi connectivity index (χ3n) is 6.59. The van der Waals surface area contributed by atoms with Gasteiger partial charge in [-0.1, -0.05) is 29.8 Å². The van der Waals surface area contributed by atoms with Crippen molar-refractivity contribution < 1.29 is 17.0 Å². The summed E-state index contributed by atoms with van der Waals surface area (Å²) in [5.41, 5.74) is 8.12. The number of benzene rings is 2. The molecule has 2 nitrogen and oxygen atoms in total. The van der Waals surface area contributed by atoms with Crippen LogP contribution in [0.1, 0.15) is 43.5 Å². The van der Waals surface area contributed by atoms with Gasteiger partial charge in [0.2, 0.25) is 5.69 Å². The van der Waals surface area contributed by atoms with Gasteiger partial charge in [-0.15, -0.1) is 0 Å². The number of para-hydroxylation sites is 1. The molecule has 0 spiro atoms. The molecule has 29 heavy (non-hydrogen) atoms. The van der Waals surface area contributed by atoms with E-state index in [4.69, 9.17) is 11.6 Å². The van der Waals surface area contributed by atoms with Crippen LogP contribution in [0.4, 0.5) is 5.69 Å². The van der Waals surface area contributed by atoms with Crippen LogP contribution in [-0.4, -0.2) is 21.9 Å². The highest BCUT2D eigenvalue weighted by molar-refractivity contribution is 6.30. The number of hydrogen-bond donors (Lipinski definition) is 0. The van der Waals surface area contributed by atoms with E-state index in [0.29, 0.717) is 0 Å². The number of aryl methyl sites for hydroxylation is 1. The van der Waals surface area contributed by atoms with Gasteiger partial charge in [0.1, 0.15) is 7.05 Å². The molecule has 1 aliphatic heterocycles. The highest BCUT2D eigenvalue weighted by Gasteiger charge is 2.43. The quantitative estimate of drug-likeness (QED) is 0.557. The Labute approximate surface area is 183 Å². The van der Waals surface area contributed by atoms with Gasteiger partial charge >= 0.3 is 0 Å². The molecule has 0 unspecified atom stereocenters. The van der Waals surface area contributed by atoms with Gasteiger partial charge in [0, 0.05) is 40.0 Å². The first-order valence-electron chi connectivity index (χ1n) is 10.2. The van der Waals surface area contributed by atoms with Crippen molar-refractivity contribution in [2.45, 2.75) is 44.9 Å². The van der Waals surface area contributed by atoms with E-state index in [1.165, 1.54) is 59.2 Å². The summed E-state index contributed by atoms with van der Waals surface area (Å²) in [6.07, 6.45) is 9.53. The Morgan fingerprint density at radius 3 is 2.66 bits per heavy atom. The lowest BCUT2D eigenvalue weighted by molar-refractivity contribution is -0.401. The molecule has 4 heteroatoms. The zero-order valence-electron chi connectivity index (χ0n) is 17.2. The molecule has 150 valence electrons. The lowest BCUT2D eigenvalue weighted by atomic mass is 9.81. The lowest BCUT2D eigenvalue weighted by Gasteiger charge is -2.16. The fourth-order valence-electron chi connectivity index (χ4n) is 5.15. The lowest BCUT2D eigenvalue weighted by Crippen LogP contribution is -3.00. The maximum absolute atomic E-state index is 6.30. The van der Waals surface area contributed by atoms with Gasteiger partial charge in [-0.2, -0.15) is 4.58 Å². The molecule has 5 rings (SSSR count). The SMILES string of the molecule is C[N+]1=C(/C=C/n2c3c(c4ccccc42)CCCC3)C(C)(C)c2cc(Cl)ccc21.[Cl-]. The zero-order valence-corrected chi connectivity index (χ0v) is 18.7. The molecule has 0 atom stereocenters. The highest BCUT2D eigenvalue weighted by atomic mass is 35.5. The largest absolute Gasteiger partial charge is 1.00 e. The van der Waals surface area contributed by atoms with Crippen molar-refractivity contribution in [1.82, 2.24) is 4.57 Å². The number of allylic oxidation sites excluding steroid dienone is 1. The minimum absolute atomic E-state index is 0. The van der Waals surface area contributed by atoms with E-state index in [1.54, 1.807) is 5.56 Å². The molecule has 0 N–H and O–H groups in total. The molecule has 1 aromatic heterocycles. The first kappa shape index (κ1) is 20.3. The van der Waals surface area contributed by atoms with Gasteiger partial charge in [-0.05, 0) is 63.3 Å². The first-order valence-corrected chi connectivity index (χ1v) is 10.6. The normalized spacial score (nSPS) is 17.5. The zero-order chi connectivity index (χ0) is 19.5. The highest BCUT2D eigenvalue weighted by Crippen LogP contribution is 2.41. The summed E-state index contributed by atoms with van der Waals surface area (Å²) < 4.78 is 4.73. The average Bonchev–Trinajstić information content (AvgIpc) is 3.10. The molecule has 1 aliphatic carbocycles. The van der Waals surface area contributed by atoms with Crippen molar-refractivity contribution in [3.63, 3.8) is 0 Å². The van der Waals surface area contributed by atoms with Crippen molar-refractivity contribution >= 4 is 40.1 Å². The number of fused-ring (bicyclic) bond motifs is 4. The molecule has 0 fully saturated rings. The molecule has 3 aromatic rings. The summed E-state index contributed by atoms with van der Waals surface area (Å²) in [5, 5.41) is 2.22. The molecule has 0 saturated heterocycles. The van der Waals surface area contributed by atoms with E-state index in [-0.39, 0.29) is 17.8 Å². The monoisotopic (exact) mass is 424 g/mol. The van der Waals surface area contributed by atoms with Crippen LogP contribution in [-0.2, 0) is 18.3 Å². The number of nitrogens with zero attached hydrogens (tertiary/aromatic N) is 2. The number of rotatable bonds is 2. The standard InChI is InChI=1S/C25H26ClN2.ClH/c1-25(2)20-16-17(26)12-13-23(20)27(3)24(25)14-15-28-21-10-6-4-8-18(21)19-9-5-7-11-22(19)28;/h4,6,8,10,12-16H,5,7,9,11H2,1-3H3;1H/q+1;/p-1. The summed E-state index contributed by atoms with van der Waals surface area (Å²) in [7, 11) is 2.16. The van der Waals surface area contributed by atoms with E-state index >= 15 is 0 Å². The summed E-state index contributed by atoms with van der Waals surface area (Å²) >= 11 is 6.30. The summed E-state index contributed by atoms with van der Waals surface area (Å²) in [6.45, 7) is 4.57. The Morgan fingerprint density at radius 1 is 1.07 bits per heavy atom. The van der Waals surface area contributed by atoms with Crippen LogP contribution in [0, 0.1) is 0 Å². The molecule has 0 amide bonds. The molecule has 2 aromatic carbocycles. The van der Waals surface area contributed by atoms with Gasteiger partial charge in [-0.25, -0.2) is 0 Å². The molecule has 0 bridgehead atoms. The molecule has 0 radical (unpaired) electrons. The minimum Gasteiger partial charge on any atom is -1.00 e. The van der Waals surface area contributed by atoms with Crippen LogP contribution in [0.3, 0.4) is 0 Å². The van der Waals surface area contributed by atoms with E-state index < -0.39 is 0 Å². The van der Waals surface area contributed by atoms with Crippen LogP contribution >= 0.6 is 11.6 Å². The van der Waals surface area contributed by atoms with E-state index in [1.807, 2.05) is 6.07 Å². The van der Waals surface area contributed by atoms with Crippen LogP contribution in [0.15, 0.2) is 48.5 Å². The predicted molar refractivity (Wildman–Crippen MR) is 119 cm³/mol. The van der Waals surface area contributed by atoms with E-state index in [0.717, 1.165) is 5.02 Å². The number of halogens is 2. The number of hydrogen-bond acceptors (Lipinski definition) is 0. The fraction of sp³-hybridized carbons (Fsp3) is 0.320. The van der Waals surface area contributed by atoms with Gasteiger partial charge < -0.3 is 17.0 Å². The Morgan fingerprint density at radius 2 is 1.83 bits per heavy atom. The number of aromatic nitrogens is 1. The van der Waals surface area contributed by atoms with Gasteiger partial charge in [0.15, 0.2) is 5.71 Å². The predicted octanol–water partition coefficient (Wildman–Crippen LogP) is 3.35. The second-order valence-electron chi connectivity index (χ2n) is 8.57. The molecular formula is C25H26Cl2N2. The molecule has 0 saturated carbocycles. The van der Waals surface area contributed by atoms with Crippen LogP contribution in [0.25, 0.3) is 17.1 Å². The third-order valence-corrected chi connectivity index (χ3v) is 6.83. The Hall–Kier alpha value is -2.03. The third kappa shape index (κ3) is 3.05. The topological polar surface area (TPSA) is 7.94 Å². The Balaban J connectivity index is 0.00000205. The second-order valence-corrected chi connectivity index (χ2v) is 9.00. The summed E-state index contributed by atoms with van der Waals surface area (Å²) in [6, 6.07) is 15.1. The van der Waals surface area contributed by atoms with Crippen LogP contribution in [0.2, 0.25) is 5.02 Å². The van der Waals surface area contributed by atoms with Crippen molar-refractivity contribution in [2.24, 2.45) is 0 Å². The van der Waals surface area contributed by atoms with Crippen molar-refractivity contribution in [1.29, 1.82) is 0 Å². The first-order chi connectivity index (χ1) is 13.5. The van der Waals surface area contributed by atoms with Crippen molar-refractivity contribution in [2.75, 3.05) is 7.05 Å². The Bertz CT molecular complexity index is 1170. The fourth-order valence-corrected chi connectivity index (χ4v) is 5.33. The Kier molecular flexibility index (Phi) is 5.13. The summed E-state index contributed by atoms with van der Waals surface area (Å²) in [4.78, 5) is 0. The van der Waals surface area contributed by atoms with E-state index in [9.17, 15) is 0 Å². The van der Waals surface area contributed by atoms with Gasteiger partial charge in [0.25, 0.3) is 0 Å². The smallest absolute Gasteiger partial charge is 0.209 e. The molecule has 2 heterocycles. The second kappa shape index (κ2) is 7.34. The average molecular weight is 425 g/mol. The molecular weight excluding hydrogens is 399 g/mol. The molecule has 2 aliphatic rings. The van der Waals surface area contributed by atoms with Crippen molar-refractivity contribution in [3.05, 3.63) is 70.4 Å². The summed E-state index contributed by atoms with van der Waals surface area (Å²) in [5.74, 6) is 0. The van der Waals surface area contributed by atoms with Gasteiger partial charge in [0.05, 0.1) is 10.9 Å². The van der Waals surface area contributed by atoms with E-state index in [2.05, 4.69) is 78.7 Å². The maximum atomic E-state index is 6.30. The van der Waals surface area contributed by atoms with Crippen LogP contribution in [0.5, 0.6) is 0 Å². The minimum atomic E-state index is -0.0749. The maximum Gasteiger partial charge on any atom is 0.209 e. The van der Waals surface area contributed by atoms with Crippen LogP contribution < -0.4 is 12.4 Å². The van der Waals surface area contributed by atoms with Crippen molar-refractivity contribution in [3.8, 4) is 0 Å².